The lowest BCUT2D eigenvalue weighted by molar-refractivity contribution is 0.301. The quantitative estimate of drug-likeness (QED) is 0.712. The number of ether oxygens (including phenoxy) is 2. The van der Waals surface area contributed by atoms with E-state index in [1.54, 1.807) is 18.4 Å². The molecule has 1 fully saturated rings. The summed E-state index contributed by atoms with van der Waals surface area (Å²) in [7, 11) is 1.62. The average Bonchev–Trinajstić information content (AvgIpc) is 3.04. The van der Waals surface area contributed by atoms with Crippen LogP contribution in [-0.4, -0.2) is 23.4 Å². The van der Waals surface area contributed by atoms with Crippen LogP contribution in [-0.2, 0) is 0 Å². The van der Waals surface area contributed by atoms with Crippen LogP contribution in [0.2, 0.25) is 0 Å². The number of methoxy groups -OCH3 is 1. The molecule has 0 unspecified atom stereocenters. The number of benzene rings is 1. The predicted octanol–water partition coefficient (Wildman–Crippen LogP) is 4.01. The molecule has 0 spiro atoms. The van der Waals surface area contributed by atoms with Gasteiger partial charge in [0.2, 0.25) is 5.82 Å². The number of thiophene rings is 1. The zero-order valence-electron chi connectivity index (χ0n) is 12.0. The Bertz CT molecular complexity index is 779. The summed E-state index contributed by atoms with van der Waals surface area (Å²) >= 11 is 1.57. The van der Waals surface area contributed by atoms with Crippen molar-refractivity contribution < 1.29 is 14.0 Å². The fourth-order valence-electron chi connectivity index (χ4n) is 2.14. The molecule has 1 aliphatic rings. The highest BCUT2D eigenvalue weighted by molar-refractivity contribution is 7.13. The summed E-state index contributed by atoms with van der Waals surface area (Å²) in [5.41, 5.74) is 0.765. The van der Waals surface area contributed by atoms with Gasteiger partial charge < -0.3 is 14.0 Å². The van der Waals surface area contributed by atoms with Crippen molar-refractivity contribution in [1.82, 2.24) is 10.1 Å². The van der Waals surface area contributed by atoms with Crippen LogP contribution in [0.15, 0.2) is 40.2 Å². The lowest BCUT2D eigenvalue weighted by Gasteiger charge is -2.09. The van der Waals surface area contributed by atoms with E-state index in [0.29, 0.717) is 23.6 Å². The SMILES string of the molecule is COc1cc(OC2CC2)ccc1-c1nc(-c2cccs2)no1. The second-order valence-corrected chi connectivity index (χ2v) is 6.03. The highest BCUT2D eigenvalue weighted by Gasteiger charge is 2.24. The van der Waals surface area contributed by atoms with Crippen molar-refractivity contribution in [2.45, 2.75) is 18.9 Å². The Balaban J connectivity index is 1.66. The van der Waals surface area contributed by atoms with Gasteiger partial charge in [-0.1, -0.05) is 11.2 Å². The lowest BCUT2D eigenvalue weighted by atomic mass is 10.2. The third kappa shape index (κ3) is 2.57. The van der Waals surface area contributed by atoms with Crippen molar-refractivity contribution in [3.63, 3.8) is 0 Å². The van der Waals surface area contributed by atoms with E-state index >= 15 is 0 Å². The van der Waals surface area contributed by atoms with Gasteiger partial charge in [-0.3, -0.25) is 0 Å². The van der Waals surface area contributed by atoms with E-state index in [2.05, 4.69) is 10.1 Å². The Hall–Kier alpha value is -2.34. The lowest BCUT2D eigenvalue weighted by Crippen LogP contribution is -1.97. The summed E-state index contributed by atoms with van der Waals surface area (Å²) < 4.78 is 16.6. The molecule has 1 saturated carbocycles. The predicted molar refractivity (Wildman–Crippen MR) is 83.2 cm³/mol. The molecule has 112 valence electrons. The molecule has 22 heavy (non-hydrogen) atoms. The number of hydrogen-bond acceptors (Lipinski definition) is 6. The van der Waals surface area contributed by atoms with Gasteiger partial charge in [0.1, 0.15) is 11.5 Å². The first-order valence-corrected chi connectivity index (χ1v) is 7.94. The number of rotatable bonds is 5. The maximum atomic E-state index is 5.78. The summed E-state index contributed by atoms with van der Waals surface area (Å²) in [6, 6.07) is 9.58. The molecule has 2 aromatic heterocycles. The van der Waals surface area contributed by atoms with E-state index in [-0.39, 0.29) is 0 Å². The van der Waals surface area contributed by atoms with E-state index in [9.17, 15) is 0 Å². The van der Waals surface area contributed by atoms with Crippen LogP contribution in [0, 0.1) is 0 Å². The van der Waals surface area contributed by atoms with Gasteiger partial charge in [-0.15, -0.1) is 11.3 Å². The Morgan fingerprint density at radius 3 is 2.91 bits per heavy atom. The fraction of sp³-hybridized carbons (Fsp3) is 0.250. The normalized spacial score (nSPS) is 14.0. The van der Waals surface area contributed by atoms with Crippen LogP contribution in [0.4, 0.5) is 0 Å². The Labute approximate surface area is 131 Å². The van der Waals surface area contributed by atoms with Crippen molar-refractivity contribution >= 4 is 11.3 Å². The zero-order chi connectivity index (χ0) is 14.9. The molecule has 4 rings (SSSR count). The molecular formula is C16H14N2O3S. The molecule has 2 heterocycles. The largest absolute Gasteiger partial charge is 0.496 e. The molecule has 0 atom stereocenters. The molecule has 3 aromatic rings. The summed E-state index contributed by atoms with van der Waals surface area (Å²) in [6.07, 6.45) is 2.60. The van der Waals surface area contributed by atoms with Gasteiger partial charge in [-0.25, -0.2) is 0 Å². The first-order valence-electron chi connectivity index (χ1n) is 7.06. The second-order valence-electron chi connectivity index (χ2n) is 5.08. The van der Waals surface area contributed by atoms with Gasteiger partial charge in [0, 0.05) is 6.07 Å². The molecule has 0 N–H and O–H groups in total. The van der Waals surface area contributed by atoms with Gasteiger partial charge in [0.05, 0.1) is 23.7 Å². The maximum absolute atomic E-state index is 5.78. The molecule has 1 aliphatic carbocycles. The summed E-state index contributed by atoms with van der Waals surface area (Å²) in [6.45, 7) is 0. The minimum Gasteiger partial charge on any atom is -0.496 e. The first kappa shape index (κ1) is 13.3. The molecule has 6 heteroatoms. The molecule has 0 amide bonds. The Morgan fingerprint density at radius 2 is 2.18 bits per heavy atom. The molecule has 0 saturated heterocycles. The summed E-state index contributed by atoms with van der Waals surface area (Å²) in [4.78, 5) is 5.42. The monoisotopic (exact) mass is 314 g/mol. The third-order valence-corrected chi connectivity index (χ3v) is 4.26. The van der Waals surface area contributed by atoms with Crippen LogP contribution >= 0.6 is 11.3 Å². The van der Waals surface area contributed by atoms with E-state index in [0.717, 1.165) is 29.0 Å². The van der Waals surface area contributed by atoms with E-state index in [1.165, 1.54) is 0 Å². The second kappa shape index (κ2) is 5.46. The number of nitrogens with zero attached hydrogens (tertiary/aromatic N) is 2. The standard InChI is InChI=1S/C16H14N2O3S/c1-19-13-9-11(20-10-4-5-10)6-7-12(13)16-17-15(18-21-16)14-3-2-8-22-14/h2-3,6-10H,4-5H2,1H3. The van der Waals surface area contributed by atoms with Gasteiger partial charge in [0.25, 0.3) is 5.89 Å². The highest BCUT2D eigenvalue weighted by atomic mass is 32.1. The summed E-state index contributed by atoms with van der Waals surface area (Å²) in [5, 5.41) is 6.01. The van der Waals surface area contributed by atoms with E-state index in [1.807, 2.05) is 35.7 Å². The fourth-order valence-corrected chi connectivity index (χ4v) is 2.79. The van der Waals surface area contributed by atoms with Crippen molar-refractivity contribution in [1.29, 1.82) is 0 Å². The van der Waals surface area contributed by atoms with E-state index in [4.69, 9.17) is 14.0 Å². The zero-order valence-corrected chi connectivity index (χ0v) is 12.8. The van der Waals surface area contributed by atoms with Gasteiger partial charge in [0.15, 0.2) is 0 Å². The topological polar surface area (TPSA) is 57.4 Å². The van der Waals surface area contributed by atoms with Crippen molar-refractivity contribution in [3.8, 4) is 33.7 Å². The average molecular weight is 314 g/mol. The van der Waals surface area contributed by atoms with Crippen molar-refractivity contribution in [3.05, 3.63) is 35.7 Å². The van der Waals surface area contributed by atoms with Crippen molar-refractivity contribution in [2.24, 2.45) is 0 Å². The van der Waals surface area contributed by atoms with Gasteiger partial charge >= 0.3 is 0 Å². The first-order chi connectivity index (χ1) is 10.8. The van der Waals surface area contributed by atoms with Crippen LogP contribution in [0.25, 0.3) is 22.2 Å². The van der Waals surface area contributed by atoms with Crippen LogP contribution < -0.4 is 9.47 Å². The maximum Gasteiger partial charge on any atom is 0.262 e. The van der Waals surface area contributed by atoms with Crippen molar-refractivity contribution in [2.75, 3.05) is 7.11 Å². The minimum absolute atomic E-state index is 0.351. The molecular weight excluding hydrogens is 300 g/mol. The number of hydrogen-bond donors (Lipinski definition) is 0. The third-order valence-electron chi connectivity index (χ3n) is 3.40. The van der Waals surface area contributed by atoms with Gasteiger partial charge in [-0.05, 0) is 36.4 Å². The molecule has 0 aliphatic heterocycles. The summed E-state index contributed by atoms with van der Waals surface area (Å²) in [5.74, 6) is 2.50. The van der Waals surface area contributed by atoms with Gasteiger partial charge in [-0.2, -0.15) is 4.98 Å². The Kier molecular flexibility index (Phi) is 3.31. The molecule has 1 aromatic carbocycles. The van der Waals surface area contributed by atoms with Crippen LogP contribution in [0.1, 0.15) is 12.8 Å². The van der Waals surface area contributed by atoms with Crippen LogP contribution in [0.3, 0.4) is 0 Å². The molecule has 0 radical (unpaired) electrons. The van der Waals surface area contributed by atoms with E-state index < -0.39 is 0 Å². The number of aromatic nitrogens is 2. The highest BCUT2D eigenvalue weighted by Crippen LogP contribution is 2.35. The minimum atomic E-state index is 0.351. The Morgan fingerprint density at radius 1 is 1.27 bits per heavy atom. The molecule has 0 bridgehead atoms. The van der Waals surface area contributed by atoms with Crippen LogP contribution in [0.5, 0.6) is 11.5 Å². The smallest absolute Gasteiger partial charge is 0.262 e. The molecule has 5 nitrogen and oxygen atoms in total.